The van der Waals surface area contributed by atoms with Gasteiger partial charge < -0.3 is 15.2 Å². The summed E-state index contributed by atoms with van der Waals surface area (Å²) >= 11 is 12.2. The van der Waals surface area contributed by atoms with Crippen molar-refractivity contribution in [2.75, 3.05) is 7.05 Å². The van der Waals surface area contributed by atoms with Crippen molar-refractivity contribution < 1.29 is 9.59 Å². The van der Waals surface area contributed by atoms with Gasteiger partial charge in [0.2, 0.25) is 11.8 Å². The first kappa shape index (κ1) is 25.2. The molecular weight excluding hydrogens is 507 g/mol. The van der Waals surface area contributed by atoms with Crippen LogP contribution in [0.25, 0.3) is 11.0 Å². The van der Waals surface area contributed by atoms with E-state index < -0.39 is 0 Å². The zero-order valence-corrected chi connectivity index (χ0v) is 23.3. The van der Waals surface area contributed by atoms with Crippen LogP contribution in [0.1, 0.15) is 64.6 Å². The number of carbonyl (C=O) groups is 2. The smallest absolute Gasteiger partial charge is 0.246 e. The number of aromatic nitrogens is 2. The van der Waals surface area contributed by atoms with E-state index in [1.165, 1.54) is 19.3 Å². The maximum Gasteiger partial charge on any atom is 0.246 e. The van der Waals surface area contributed by atoms with Gasteiger partial charge in [0.1, 0.15) is 5.82 Å². The summed E-state index contributed by atoms with van der Waals surface area (Å²) in [5.41, 5.74) is 1.82. The lowest BCUT2D eigenvalue weighted by molar-refractivity contribution is -0.139. The average Bonchev–Trinajstić information content (AvgIpc) is 3.40. The van der Waals surface area contributed by atoms with Gasteiger partial charge in [0.05, 0.1) is 27.6 Å². The van der Waals surface area contributed by atoms with E-state index in [1.807, 2.05) is 11.9 Å². The molecule has 3 aliphatic carbocycles. The Morgan fingerprint density at radius 1 is 1.14 bits per heavy atom. The number of carbonyl (C=O) groups excluding carboxylic acids is 2. The third-order valence-corrected chi connectivity index (χ3v) is 11.5. The summed E-state index contributed by atoms with van der Waals surface area (Å²) in [6.07, 6.45) is 11.5. The van der Waals surface area contributed by atoms with Crippen molar-refractivity contribution in [2.24, 2.45) is 34.5 Å². The van der Waals surface area contributed by atoms with Gasteiger partial charge in [-0.05, 0) is 85.8 Å². The summed E-state index contributed by atoms with van der Waals surface area (Å²) in [7, 11) is 1.97. The molecule has 0 spiro atoms. The van der Waals surface area contributed by atoms with Crippen LogP contribution in [0.5, 0.6) is 0 Å². The molecule has 0 radical (unpaired) electrons. The number of aromatic amines is 1. The molecular formula is C29H36Cl2N4O2. The molecule has 2 heterocycles. The van der Waals surface area contributed by atoms with E-state index in [4.69, 9.17) is 23.2 Å². The van der Waals surface area contributed by atoms with Crippen LogP contribution in [0, 0.1) is 34.5 Å². The number of fused-ring (bicyclic) bond motifs is 6. The summed E-state index contributed by atoms with van der Waals surface area (Å²) in [5.74, 6) is 3.28. The predicted octanol–water partition coefficient (Wildman–Crippen LogP) is 6.13. The SMILES string of the molecule is CN1C(=O)C=C[C@]2(C)[C@H]3CC[C@]4(C)[C@@H](CC(=O)NCc5nc6cc(Cl)c(Cl)cc6[nH]5)CC[C@H]4[C@@H]3CC[C@@H]12. The van der Waals surface area contributed by atoms with Gasteiger partial charge in [-0.15, -0.1) is 0 Å². The number of hydrogen-bond acceptors (Lipinski definition) is 3. The first-order valence-electron chi connectivity index (χ1n) is 13.7. The molecule has 0 saturated heterocycles. The standard InChI is InChI=1S/C29H36Cl2N4O2/c1-28-10-8-19-17(5-7-24-29(19,2)11-9-27(37)35(24)3)18(28)6-4-16(28)12-26(36)32-15-25-33-22-13-20(30)21(31)14-23(22)34-25/h9,11,13-14,16-19,24H,4-8,10,12,15H2,1-3H3,(H,32,36)(H,33,34)/t16-,17+,18+,19+,24-,28-,29-/m1/s1. The highest BCUT2D eigenvalue weighted by Gasteiger charge is 2.60. The van der Waals surface area contributed by atoms with Crippen molar-refractivity contribution in [1.29, 1.82) is 0 Å². The zero-order valence-electron chi connectivity index (χ0n) is 21.8. The highest BCUT2D eigenvalue weighted by atomic mass is 35.5. The van der Waals surface area contributed by atoms with E-state index >= 15 is 0 Å². The van der Waals surface area contributed by atoms with Crippen LogP contribution >= 0.6 is 23.2 Å². The lowest BCUT2D eigenvalue weighted by Crippen LogP contribution is -2.59. The predicted molar refractivity (Wildman–Crippen MR) is 146 cm³/mol. The number of benzene rings is 1. The van der Waals surface area contributed by atoms with Crippen LogP contribution in [0.3, 0.4) is 0 Å². The fourth-order valence-electron chi connectivity index (χ4n) is 8.80. The van der Waals surface area contributed by atoms with Crippen LogP contribution in [0.15, 0.2) is 24.3 Å². The Kier molecular flexibility index (Phi) is 6.15. The Balaban J connectivity index is 1.12. The van der Waals surface area contributed by atoms with Crippen molar-refractivity contribution in [3.8, 4) is 0 Å². The Hall–Kier alpha value is -2.05. The fourth-order valence-corrected chi connectivity index (χ4v) is 9.12. The molecule has 37 heavy (non-hydrogen) atoms. The molecule has 3 saturated carbocycles. The molecule has 1 aromatic carbocycles. The maximum atomic E-state index is 13.1. The molecule has 6 nitrogen and oxygen atoms in total. The lowest BCUT2D eigenvalue weighted by atomic mass is 9.47. The van der Waals surface area contributed by atoms with E-state index in [2.05, 4.69) is 35.2 Å². The van der Waals surface area contributed by atoms with Crippen LogP contribution < -0.4 is 5.32 Å². The van der Waals surface area contributed by atoms with Crippen molar-refractivity contribution in [3.63, 3.8) is 0 Å². The highest BCUT2D eigenvalue weighted by molar-refractivity contribution is 6.42. The average molecular weight is 544 g/mol. The number of halogens is 2. The van der Waals surface area contributed by atoms with Gasteiger partial charge in [-0.3, -0.25) is 9.59 Å². The van der Waals surface area contributed by atoms with Crippen LogP contribution in [-0.4, -0.2) is 39.8 Å². The summed E-state index contributed by atoms with van der Waals surface area (Å²) in [5, 5.41) is 4.04. The van der Waals surface area contributed by atoms with Crippen molar-refractivity contribution in [1.82, 2.24) is 20.2 Å². The molecule has 2 N–H and O–H groups in total. The number of rotatable bonds is 4. The van der Waals surface area contributed by atoms with E-state index in [0.717, 1.165) is 30.3 Å². The molecule has 198 valence electrons. The van der Waals surface area contributed by atoms with Gasteiger partial charge in [-0.1, -0.05) is 43.1 Å². The van der Waals surface area contributed by atoms with Gasteiger partial charge in [-0.25, -0.2) is 4.98 Å². The second-order valence-electron chi connectivity index (χ2n) is 12.4. The second-order valence-corrected chi connectivity index (χ2v) is 13.2. The second kappa shape index (κ2) is 9.01. The zero-order chi connectivity index (χ0) is 26.1. The molecule has 1 aromatic heterocycles. The molecule has 8 heteroatoms. The number of imidazole rings is 1. The minimum atomic E-state index is 0.0589. The van der Waals surface area contributed by atoms with E-state index in [0.29, 0.717) is 58.5 Å². The number of H-pyrrole nitrogens is 1. The largest absolute Gasteiger partial charge is 0.349 e. The summed E-state index contributed by atoms with van der Waals surface area (Å²) in [4.78, 5) is 35.2. The third-order valence-electron chi connectivity index (χ3n) is 10.8. The van der Waals surface area contributed by atoms with Gasteiger partial charge >= 0.3 is 0 Å². The Labute approximate surface area is 228 Å². The van der Waals surface area contributed by atoms with Crippen molar-refractivity contribution >= 4 is 46.0 Å². The first-order valence-corrected chi connectivity index (χ1v) is 14.4. The lowest BCUT2D eigenvalue weighted by Gasteiger charge is -2.60. The number of nitrogens with zero attached hydrogens (tertiary/aromatic N) is 2. The summed E-state index contributed by atoms with van der Waals surface area (Å²) in [6, 6.07) is 3.81. The first-order chi connectivity index (χ1) is 17.6. The highest BCUT2D eigenvalue weighted by Crippen LogP contribution is 2.65. The van der Waals surface area contributed by atoms with Gasteiger partial charge in [0.15, 0.2) is 0 Å². The van der Waals surface area contributed by atoms with E-state index in [1.54, 1.807) is 18.2 Å². The molecule has 0 unspecified atom stereocenters. The monoisotopic (exact) mass is 542 g/mol. The van der Waals surface area contributed by atoms with Crippen molar-refractivity contribution in [3.05, 3.63) is 40.2 Å². The maximum absolute atomic E-state index is 13.1. The van der Waals surface area contributed by atoms with Gasteiger partial charge in [0, 0.05) is 24.9 Å². The molecule has 7 atom stereocenters. The number of hydrogen-bond donors (Lipinski definition) is 2. The topological polar surface area (TPSA) is 78.1 Å². The Morgan fingerprint density at radius 2 is 1.92 bits per heavy atom. The quantitative estimate of drug-likeness (QED) is 0.487. The molecule has 4 aliphatic rings. The third kappa shape index (κ3) is 4.01. The number of likely N-dealkylation sites (N-methyl/N-ethyl adjacent to an activating group) is 1. The fraction of sp³-hybridized carbons (Fsp3) is 0.621. The Morgan fingerprint density at radius 3 is 2.73 bits per heavy atom. The van der Waals surface area contributed by atoms with Crippen LogP contribution in [0.2, 0.25) is 10.0 Å². The Bertz CT molecular complexity index is 1250. The summed E-state index contributed by atoms with van der Waals surface area (Å²) in [6.45, 7) is 5.20. The molecule has 0 bridgehead atoms. The number of nitrogens with one attached hydrogen (secondary N) is 2. The number of amides is 2. The van der Waals surface area contributed by atoms with Gasteiger partial charge in [-0.2, -0.15) is 0 Å². The van der Waals surface area contributed by atoms with Gasteiger partial charge in [0.25, 0.3) is 0 Å². The minimum Gasteiger partial charge on any atom is -0.349 e. The molecule has 3 fully saturated rings. The van der Waals surface area contributed by atoms with E-state index in [-0.39, 0.29) is 22.6 Å². The minimum absolute atomic E-state index is 0.0589. The molecule has 1 aliphatic heterocycles. The molecule has 2 amide bonds. The van der Waals surface area contributed by atoms with Crippen LogP contribution in [-0.2, 0) is 16.1 Å². The van der Waals surface area contributed by atoms with Crippen molar-refractivity contribution in [2.45, 2.75) is 71.4 Å². The normalized spacial score (nSPS) is 36.8. The van der Waals surface area contributed by atoms with E-state index in [9.17, 15) is 9.59 Å². The van der Waals surface area contributed by atoms with Crippen LogP contribution in [0.4, 0.5) is 0 Å². The summed E-state index contributed by atoms with van der Waals surface area (Å²) < 4.78 is 0. The molecule has 6 rings (SSSR count). The molecule has 2 aromatic rings.